The molecule has 0 amide bonds. The Morgan fingerprint density at radius 1 is 1.78 bits per heavy atom. The Morgan fingerprint density at radius 2 is 2.56 bits per heavy atom. The second-order valence-electron chi connectivity index (χ2n) is 2.15. The molecule has 1 rings (SSSR count). The van der Waals surface area contributed by atoms with Crippen molar-refractivity contribution in [2.75, 3.05) is 11.5 Å². The Morgan fingerprint density at radius 3 is 3.00 bits per heavy atom. The van der Waals surface area contributed by atoms with Crippen molar-refractivity contribution in [3.63, 3.8) is 0 Å². The van der Waals surface area contributed by atoms with Crippen LogP contribution in [-0.4, -0.2) is 17.7 Å². The first-order chi connectivity index (χ1) is 4.34. The van der Waals surface area contributed by atoms with Gasteiger partial charge in [0.2, 0.25) is 0 Å². The first-order valence-corrected chi connectivity index (χ1v) is 4.11. The maximum atomic E-state index is 12.5. The van der Waals surface area contributed by atoms with Crippen molar-refractivity contribution in [3.8, 4) is 6.07 Å². The van der Waals surface area contributed by atoms with Crippen molar-refractivity contribution in [1.29, 1.82) is 5.26 Å². The number of halogens is 1. The molecule has 0 bridgehead atoms. The van der Waals surface area contributed by atoms with E-state index in [1.54, 1.807) is 17.8 Å². The van der Waals surface area contributed by atoms with Crippen molar-refractivity contribution in [1.82, 2.24) is 0 Å². The van der Waals surface area contributed by atoms with Gasteiger partial charge in [0.05, 0.1) is 0 Å². The van der Waals surface area contributed by atoms with Gasteiger partial charge >= 0.3 is 0 Å². The van der Waals surface area contributed by atoms with Crippen molar-refractivity contribution in [2.45, 2.75) is 12.6 Å². The van der Waals surface area contributed by atoms with E-state index in [9.17, 15) is 4.39 Å². The number of nitrogens with zero attached hydrogens (tertiary/aromatic N) is 1. The molecule has 0 spiro atoms. The molecule has 1 nitrogen and oxygen atoms in total. The molecule has 9 heavy (non-hydrogen) atoms. The van der Waals surface area contributed by atoms with Crippen LogP contribution in [-0.2, 0) is 0 Å². The molecule has 0 aromatic heterocycles. The van der Waals surface area contributed by atoms with Gasteiger partial charge in [0.1, 0.15) is 6.07 Å². The molecule has 3 heteroatoms. The van der Waals surface area contributed by atoms with Gasteiger partial charge in [-0.15, -0.1) is 0 Å². The van der Waals surface area contributed by atoms with Gasteiger partial charge in [-0.1, -0.05) is 0 Å². The van der Waals surface area contributed by atoms with Crippen LogP contribution in [0.4, 0.5) is 4.39 Å². The highest BCUT2D eigenvalue weighted by Gasteiger charge is 2.24. The summed E-state index contributed by atoms with van der Waals surface area (Å²) in [5, 5.41) is 8.16. The number of hydrogen-bond acceptors (Lipinski definition) is 2. The minimum absolute atomic E-state index is 0.0139. The highest BCUT2D eigenvalue weighted by Crippen LogP contribution is 2.27. The quantitative estimate of drug-likeness (QED) is 0.559. The SMILES string of the molecule is N#CC(F)C1CCSC1. The third kappa shape index (κ3) is 1.59. The lowest BCUT2D eigenvalue weighted by Crippen LogP contribution is -2.12. The monoisotopic (exact) mass is 145 g/mol. The second-order valence-corrected chi connectivity index (χ2v) is 3.30. The lowest BCUT2D eigenvalue weighted by molar-refractivity contribution is 0.310. The highest BCUT2D eigenvalue weighted by atomic mass is 32.2. The Balaban J connectivity index is 2.34. The fourth-order valence-corrected chi connectivity index (χ4v) is 2.16. The van der Waals surface area contributed by atoms with E-state index in [2.05, 4.69) is 0 Å². The smallest absolute Gasteiger partial charge is 0.189 e. The van der Waals surface area contributed by atoms with Crippen LogP contribution < -0.4 is 0 Å². The summed E-state index contributed by atoms with van der Waals surface area (Å²) in [5.41, 5.74) is 0. The van der Waals surface area contributed by atoms with E-state index < -0.39 is 6.17 Å². The van der Waals surface area contributed by atoms with Crippen LogP contribution in [0.25, 0.3) is 0 Å². The predicted molar refractivity (Wildman–Crippen MR) is 35.9 cm³/mol. The zero-order valence-corrected chi connectivity index (χ0v) is 5.83. The summed E-state index contributed by atoms with van der Waals surface area (Å²) in [6.07, 6.45) is -0.348. The lowest BCUT2D eigenvalue weighted by atomic mass is 10.1. The molecule has 0 saturated carbocycles. The van der Waals surface area contributed by atoms with E-state index in [0.29, 0.717) is 0 Å². The Labute approximate surface area is 58.2 Å². The highest BCUT2D eigenvalue weighted by molar-refractivity contribution is 7.99. The zero-order valence-electron chi connectivity index (χ0n) is 5.01. The number of nitriles is 1. The van der Waals surface area contributed by atoms with E-state index in [1.165, 1.54) is 0 Å². The van der Waals surface area contributed by atoms with Gasteiger partial charge in [-0.25, -0.2) is 4.39 Å². The van der Waals surface area contributed by atoms with Gasteiger partial charge in [-0.2, -0.15) is 17.0 Å². The van der Waals surface area contributed by atoms with E-state index in [4.69, 9.17) is 5.26 Å². The lowest BCUT2D eigenvalue weighted by Gasteiger charge is -2.04. The summed E-state index contributed by atoms with van der Waals surface area (Å²) in [6.45, 7) is 0. The van der Waals surface area contributed by atoms with Crippen LogP contribution in [0.5, 0.6) is 0 Å². The molecule has 1 saturated heterocycles. The molecule has 2 unspecified atom stereocenters. The van der Waals surface area contributed by atoms with Crippen molar-refractivity contribution < 1.29 is 4.39 Å². The van der Waals surface area contributed by atoms with Crippen molar-refractivity contribution in [3.05, 3.63) is 0 Å². The largest absolute Gasteiger partial charge is 0.231 e. The van der Waals surface area contributed by atoms with Crippen LogP contribution in [0.15, 0.2) is 0 Å². The van der Waals surface area contributed by atoms with E-state index in [1.807, 2.05) is 0 Å². The third-order valence-electron chi connectivity index (χ3n) is 1.50. The number of hydrogen-bond donors (Lipinski definition) is 0. The minimum Gasteiger partial charge on any atom is -0.231 e. The molecular weight excluding hydrogens is 137 g/mol. The molecule has 1 fully saturated rings. The molecule has 0 N–H and O–H groups in total. The van der Waals surface area contributed by atoms with E-state index in [0.717, 1.165) is 17.9 Å². The topological polar surface area (TPSA) is 23.8 Å². The van der Waals surface area contributed by atoms with Crippen LogP contribution in [0, 0.1) is 17.2 Å². The maximum absolute atomic E-state index is 12.5. The Hall–Kier alpha value is -0.230. The van der Waals surface area contributed by atoms with Gasteiger partial charge in [0, 0.05) is 5.92 Å². The van der Waals surface area contributed by atoms with Gasteiger partial charge < -0.3 is 0 Å². The molecule has 0 radical (unpaired) electrons. The van der Waals surface area contributed by atoms with E-state index in [-0.39, 0.29) is 5.92 Å². The number of rotatable bonds is 1. The summed E-state index contributed by atoms with van der Waals surface area (Å²) in [4.78, 5) is 0. The minimum atomic E-state index is -1.22. The van der Waals surface area contributed by atoms with Crippen molar-refractivity contribution >= 4 is 11.8 Å². The fraction of sp³-hybridized carbons (Fsp3) is 0.833. The molecule has 2 atom stereocenters. The molecular formula is C6H8FNS. The molecule has 1 aliphatic heterocycles. The summed E-state index contributed by atoms with van der Waals surface area (Å²) in [6, 6.07) is 1.63. The molecule has 50 valence electrons. The van der Waals surface area contributed by atoms with Crippen LogP contribution in [0.1, 0.15) is 6.42 Å². The molecule has 1 aliphatic rings. The van der Waals surface area contributed by atoms with Crippen molar-refractivity contribution in [2.24, 2.45) is 5.92 Å². The van der Waals surface area contributed by atoms with Crippen LogP contribution >= 0.6 is 11.8 Å². The van der Waals surface area contributed by atoms with Gasteiger partial charge in [0.25, 0.3) is 0 Å². The molecule has 1 heterocycles. The number of thioether (sulfide) groups is 1. The molecule has 0 aromatic rings. The number of alkyl halides is 1. The summed E-state index contributed by atoms with van der Waals surface area (Å²) in [7, 11) is 0. The standard InChI is InChI=1S/C6H8FNS/c7-6(3-8)5-1-2-9-4-5/h5-6H,1-2,4H2. The van der Waals surface area contributed by atoms with E-state index >= 15 is 0 Å². The first-order valence-electron chi connectivity index (χ1n) is 2.96. The average Bonchev–Trinajstić information content (AvgIpc) is 2.37. The normalized spacial score (nSPS) is 29.6. The van der Waals surface area contributed by atoms with Crippen LogP contribution in [0.3, 0.4) is 0 Å². The first kappa shape index (κ1) is 6.88. The summed E-state index contributed by atoms with van der Waals surface area (Å²) < 4.78 is 12.5. The molecule has 0 aliphatic carbocycles. The second kappa shape index (κ2) is 3.07. The van der Waals surface area contributed by atoms with Gasteiger partial charge in [-0.05, 0) is 17.9 Å². The predicted octanol–water partition coefficient (Wildman–Crippen LogP) is 1.60. The fourth-order valence-electron chi connectivity index (χ4n) is 0.889. The summed E-state index contributed by atoms with van der Waals surface area (Å²) >= 11 is 1.73. The van der Waals surface area contributed by atoms with Gasteiger partial charge in [-0.3, -0.25) is 0 Å². The summed E-state index contributed by atoms with van der Waals surface area (Å²) in [5.74, 6) is 1.86. The third-order valence-corrected chi connectivity index (χ3v) is 2.69. The Kier molecular flexibility index (Phi) is 2.35. The maximum Gasteiger partial charge on any atom is 0.189 e. The zero-order chi connectivity index (χ0) is 6.69. The molecule has 0 aromatic carbocycles. The average molecular weight is 145 g/mol. The van der Waals surface area contributed by atoms with Gasteiger partial charge in [0.15, 0.2) is 6.17 Å². The van der Waals surface area contributed by atoms with Crippen LogP contribution in [0.2, 0.25) is 0 Å². The Bertz CT molecular complexity index is 126.